The summed E-state index contributed by atoms with van der Waals surface area (Å²) in [6.45, 7) is 12.0. The van der Waals surface area contributed by atoms with Crippen LogP contribution in [0.4, 0.5) is 0 Å². The first-order chi connectivity index (χ1) is 10.9. The van der Waals surface area contributed by atoms with E-state index in [9.17, 15) is 5.11 Å². The highest BCUT2D eigenvalue weighted by Gasteiger charge is 2.15. The summed E-state index contributed by atoms with van der Waals surface area (Å²) in [7, 11) is 3.23. The van der Waals surface area contributed by atoms with Gasteiger partial charge in [0.2, 0.25) is 0 Å². The number of aliphatic hydroxyl groups excluding tert-OH is 1. The SMILES string of the molecule is COc1ccc(C(O)CCN(CC(C)C)CC(C)C)cc1OC. The molecule has 0 aliphatic carbocycles. The average Bonchev–Trinajstić information content (AvgIpc) is 2.50. The molecule has 23 heavy (non-hydrogen) atoms. The van der Waals surface area contributed by atoms with Crippen LogP contribution in [0.5, 0.6) is 11.5 Å². The summed E-state index contributed by atoms with van der Waals surface area (Å²) in [6.07, 6.45) is 0.228. The normalized spacial score (nSPS) is 13.0. The minimum absolute atomic E-state index is 0.489. The first-order valence-corrected chi connectivity index (χ1v) is 8.49. The topological polar surface area (TPSA) is 41.9 Å². The van der Waals surface area contributed by atoms with Gasteiger partial charge in [0.25, 0.3) is 0 Å². The highest BCUT2D eigenvalue weighted by Crippen LogP contribution is 2.30. The summed E-state index contributed by atoms with van der Waals surface area (Å²) in [6, 6.07) is 5.61. The number of nitrogens with zero attached hydrogens (tertiary/aromatic N) is 1. The number of hydrogen-bond donors (Lipinski definition) is 1. The maximum Gasteiger partial charge on any atom is 0.161 e. The van der Waals surface area contributed by atoms with Gasteiger partial charge < -0.3 is 19.5 Å². The van der Waals surface area contributed by atoms with E-state index in [-0.39, 0.29) is 0 Å². The largest absolute Gasteiger partial charge is 0.493 e. The second-order valence-electron chi connectivity index (χ2n) is 6.97. The molecule has 1 N–H and O–H groups in total. The molecule has 0 saturated carbocycles. The minimum Gasteiger partial charge on any atom is -0.493 e. The Bertz CT molecular complexity index is 450. The van der Waals surface area contributed by atoms with E-state index in [1.807, 2.05) is 18.2 Å². The van der Waals surface area contributed by atoms with Crippen LogP contribution in [0, 0.1) is 11.8 Å². The van der Waals surface area contributed by atoms with Gasteiger partial charge in [-0.3, -0.25) is 0 Å². The lowest BCUT2D eigenvalue weighted by atomic mass is 10.0. The van der Waals surface area contributed by atoms with Gasteiger partial charge in [-0.25, -0.2) is 0 Å². The quantitative estimate of drug-likeness (QED) is 0.712. The highest BCUT2D eigenvalue weighted by molar-refractivity contribution is 5.43. The van der Waals surface area contributed by atoms with Crippen molar-refractivity contribution in [3.05, 3.63) is 23.8 Å². The van der Waals surface area contributed by atoms with Crippen molar-refractivity contribution in [2.75, 3.05) is 33.9 Å². The fraction of sp³-hybridized carbons (Fsp3) is 0.684. The van der Waals surface area contributed by atoms with E-state index in [0.717, 1.165) is 31.6 Å². The highest BCUT2D eigenvalue weighted by atomic mass is 16.5. The summed E-state index contributed by atoms with van der Waals surface area (Å²) >= 11 is 0. The molecule has 0 radical (unpaired) electrons. The Balaban J connectivity index is 2.68. The lowest BCUT2D eigenvalue weighted by molar-refractivity contribution is 0.131. The molecule has 0 spiro atoms. The summed E-state index contributed by atoms with van der Waals surface area (Å²) < 4.78 is 10.6. The second-order valence-corrected chi connectivity index (χ2v) is 6.97. The van der Waals surface area contributed by atoms with Gasteiger partial charge in [0, 0.05) is 19.6 Å². The molecular formula is C19H33NO3. The van der Waals surface area contributed by atoms with Gasteiger partial charge in [0.05, 0.1) is 20.3 Å². The van der Waals surface area contributed by atoms with Crippen molar-refractivity contribution in [1.29, 1.82) is 0 Å². The predicted octanol–water partition coefficient (Wildman–Crippen LogP) is 3.74. The van der Waals surface area contributed by atoms with E-state index in [4.69, 9.17) is 9.47 Å². The van der Waals surface area contributed by atoms with Crippen molar-refractivity contribution < 1.29 is 14.6 Å². The molecule has 0 fully saturated rings. The molecule has 4 nitrogen and oxygen atoms in total. The van der Waals surface area contributed by atoms with E-state index in [1.165, 1.54) is 0 Å². The maximum atomic E-state index is 10.5. The van der Waals surface area contributed by atoms with Crippen LogP contribution >= 0.6 is 0 Å². The van der Waals surface area contributed by atoms with Crippen LogP contribution in [0.15, 0.2) is 18.2 Å². The third-order valence-corrected chi connectivity index (χ3v) is 3.76. The predicted molar refractivity (Wildman–Crippen MR) is 95.2 cm³/mol. The zero-order chi connectivity index (χ0) is 17.4. The first kappa shape index (κ1) is 19.8. The van der Waals surface area contributed by atoms with Crippen molar-refractivity contribution in [3.8, 4) is 11.5 Å². The number of ether oxygens (including phenoxy) is 2. The van der Waals surface area contributed by atoms with Crippen LogP contribution in [0.1, 0.15) is 45.8 Å². The molecule has 1 aromatic carbocycles. The lowest BCUT2D eigenvalue weighted by Crippen LogP contribution is -2.33. The van der Waals surface area contributed by atoms with Crippen LogP contribution < -0.4 is 9.47 Å². The van der Waals surface area contributed by atoms with Crippen molar-refractivity contribution in [3.63, 3.8) is 0 Å². The smallest absolute Gasteiger partial charge is 0.161 e. The molecule has 0 heterocycles. The third-order valence-electron chi connectivity index (χ3n) is 3.76. The first-order valence-electron chi connectivity index (χ1n) is 8.49. The number of hydrogen-bond acceptors (Lipinski definition) is 4. The summed E-state index contributed by atoms with van der Waals surface area (Å²) in [5.41, 5.74) is 0.872. The third kappa shape index (κ3) is 6.80. The van der Waals surface area contributed by atoms with Gasteiger partial charge in [-0.2, -0.15) is 0 Å². The molecule has 1 atom stereocenters. The average molecular weight is 323 g/mol. The minimum atomic E-state index is -0.489. The molecule has 0 amide bonds. The molecule has 4 heteroatoms. The van der Waals surface area contributed by atoms with E-state index >= 15 is 0 Å². The second kappa shape index (κ2) is 9.78. The molecule has 0 bridgehead atoms. The van der Waals surface area contributed by atoms with E-state index in [0.29, 0.717) is 23.3 Å². The Morgan fingerprint density at radius 2 is 1.52 bits per heavy atom. The molecule has 132 valence electrons. The number of rotatable bonds is 10. The molecule has 1 unspecified atom stereocenters. The summed E-state index contributed by atoms with van der Waals surface area (Å²) in [4.78, 5) is 2.44. The lowest BCUT2D eigenvalue weighted by Gasteiger charge is -2.27. The zero-order valence-corrected chi connectivity index (χ0v) is 15.5. The monoisotopic (exact) mass is 323 g/mol. The Labute approximate surface area is 141 Å². The Morgan fingerprint density at radius 3 is 2.00 bits per heavy atom. The Morgan fingerprint density at radius 1 is 0.957 bits per heavy atom. The van der Waals surface area contributed by atoms with Crippen LogP contribution in [-0.2, 0) is 0 Å². The number of aliphatic hydroxyl groups is 1. The maximum absolute atomic E-state index is 10.5. The fourth-order valence-electron chi connectivity index (χ4n) is 2.82. The van der Waals surface area contributed by atoms with Crippen molar-refractivity contribution in [1.82, 2.24) is 4.90 Å². The van der Waals surface area contributed by atoms with Crippen LogP contribution in [0.2, 0.25) is 0 Å². The zero-order valence-electron chi connectivity index (χ0n) is 15.5. The number of benzene rings is 1. The van der Waals surface area contributed by atoms with Gasteiger partial charge in [-0.15, -0.1) is 0 Å². The van der Waals surface area contributed by atoms with E-state index in [2.05, 4.69) is 32.6 Å². The molecule has 0 aromatic heterocycles. The Kier molecular flexibility index (Phi) is 8.42. The van der Waals surface area contributed by atoms with Crippen LogP contribution in [-0.4, -0.2) is 43.9 Å². The number of methoxy groups -OCH3 is 2. The summed E-state index contributed by atoms with van der Waals surface area (Å²) in [5.74, 6) is 2.61. The summed E-state index contributed by atoms with van der Waals surface area (Å²) in [5, 5.41) is 10.5. The molecule has 1 aromatic rings. The Hall–Kier alpha value is -1.26. The molecule has 0 saturated heterocycles. The van der Waals surface area contributed by atoms with E-state index in [1.54, 1.807) is 14.2 Å². The van der Waals surface area contributed by atoms with Crippen molar-refractivity contribution in [2.45, 2.75) is 40.2 Å². The van der Waals surface area contributed by atoms with Gasteiger partial charge in [0.1, 0.15) is 0 Å². The fourth-order valence-corrected chi connectivity index (χ4v) is 2.82. The van der Waals surface area contributed by atoms with Gasteiger partial charge in [-0.05, 0) is 36.0 Å². The van der Waals surface area contributed by atoms with Gasteiger partial charge in [0.15, 0.2) is 11.5 Å². The van der Waals surface area contributed by atoms with Gasteiger partial charge >= 0.3 is 0 Å². The molecule has 0 aliphatic heterocycles. The van der Waals surface area contributed by atoms with Crippen molar-refractivity contribution in [2.24, 2.45) is 11.8 Å². The van der Waals surface area contributed by atoms with Crippen molar-refractivity contribution >= 4 is 0 Å². The van der Waals surface area contributed by atoms with Crippen LogP contribution in [0.3, 0.4) is 0 Å². The molecule has 1 rings (SSSR count). The van der Waals surface area contributed by atoms with Gasteiger partial charge in [-0.1, -0.05) is 33.8 Å². The van der Waals surface area contributed by atoms with E-state index < -0.39 is 6.10 Å². The molecule has 0 aliphatic rings. The van der Waals surface area contributed by atoms with Crippen LogP contribution in [0.25, 0.3) is 0 Å². The molecular weight excluding hydrogens is 290 g/mol. The standard InChI is InChI=1S/C19H33NO3/c1-14(2)12-20(13-15(3)4)10-9-17(21)16-7-8-18(22-5)19(11-16)23-6/h7-8,11,14-15,17,21H,9-10,12-13H2,1-6H3.